The summed E-state index contributed by atoms with van der Waals surface area (Å²) in [6, 6.07) is 13.0. The maximum atomic E-state index is 13.7. The molecule has 144 valence electrons. The number of carbonyl (C=O) groups excluding carboxylic acids is 2. The Bertz CT molecular complexity index is 1280. The second-order valence-corrected chi connectivity index (χ2v) is 7.84. The zero-order chi connectivity index (χ0) is 20.1. The molecule has 4 heterocycles. The first-order valence-electron chi connectivity index (χ1n) is 9.12. The van der Waals surface area contributed by atoms with Crippen molar-refractivity contribution in [2.24, 2.45) is 7.05 Å². The van der Waals surface area contributed by atoms with Crippen LogP contribution in [0.15, 0.2) is 47.8 Å². The molecule has 0 bridgehead atoms. The number of anilines is 2. The Hall–Kier alpha value is -3.52. The SMILES string of the molecule is Cc1nn(C)c2nc(-c3cccs3)cc(C(=O)N3CC(=O)Nc4ccccc43)c12. The van der Waals surface area contributed by atoms with Gasteiger partial charge in [0.25, 0.3) is 5.91 Å². The molecule has 29 heavy (non-hydrogen) atoms. The Morgan fingerprint density at radius 2 is 2.03 bits per heavy atom. The number of nitrogens with one attached hydrogen (secondary N) is 1. The molecule has 1 aliphatic heterocycles. The van der Waals surface area contributed by atoms with Crippen LogP contribution in [0, 0.1) is 6.92 Å². The highest BCUT2D eigenvalue weighted by atomic mass is 32.1. The van der Waals surface area contributed by atoms with Crippen molar-refractivity contribution in [1.82, 2.24) is 14.8 Å². The van der Waals surface area contributed by atoms with Crippen molar-refractivity contribution in [3.63, 3.8) is 0 Å². The van der Waals surface area contributed by atoms with Crippen molar-refractivity contribution in [1.29, 1.82) is 0 Å². The molecule has 0 aliphatic carbocycles. The summed E-state index contributed by atoms with van der Waals surface area (Å²) in [6.45, 7) is 1.83. The molecule has 0 radical (unpaired) electrons. The van der Waals surface area contributed by atoms with Gasteiger partial charge in [-0.1, -0.05) is 18.2 Å². The summed E-state index contributed by atoms with van der Waals surface area (Å²) in [6.07, 6.45) is 0. The number of thiophene rings is 1. The number of fused-ring (bicyclic) bond motifs is 2. The number of carbonyl (C=O) groups is 2. The van der Waals surface area contributed by atoms with Gasteiger partial charge >= 0.3 is 0 Å². The van der Waals surface area contributed by atoms with Gasteiger partial charge in [0.15, 0.2) is 5.65 Å². The summed E-state index contributed by atoms with van der Waals surface area (Å²) >= 11 is 1.56. The molecule has 4 aromatic rings. The van der Waals surface area contributed by atoms with Crippen LogP contribution in [0.1, 0.15) is 16.1 Å². The van der Waals surface area contributed by atoms with Crippen molar-refractivity contribution in [3.8, 4) is 10.6 Å². The fraction of sp³-hybridized carbons (Fsp3) is 0.143. The molecular formula is C21H17N5O2S. The molecular weight excluding hydrogens is 386 g/mol. The third-order valence-electron chi connectivity index (χ3n) is 4.99. The minimum absolute atomic E-state index is 0.0344. The molecule has 3 aromatic heterocycles. The number of benzene rings is 1. The summed E-state index contributed by atoms with van der Waals surface area (Å²) in [5.74, 6) is -0.461. The van der Waals surface area contributed by atoms with Gasteiger partial charge in [-0.15, -0.1) is 11.3 Å². The number of hydrogen-bond acceptors (Lipinski definition) is 5. The fourth-order valence-electron chi connectivity index (χ4n) is 3.72. The maximum absolute atomic E-state index is 13.7. The lowest BCUT2D eigenvalue weighted by Gasteiger charge is -2.29. The van der Waals surface area contributed by atoms with Crippen LogP contribution in [0.5, 0.6) is 0 Å². The third-order valence-corrected chi connectivity index (χ3v) is 5.88. The van der Waals surface area contributed by atoms with Gasteiger partial charge in [0.1, 0.15) is 6.54 Å². The van der Waals surface area contributed by atoms with E-state index < -0.39 is 0 Å². The Kier molecular flexibility index (Phi) is 3.95. The van der Waals surface area contributed by atoms with Crippen molar-refractivity contribution < 1.29 is 9.59 Å². The zero-order valence-electron chi connectivity index (χ0n) is 15.8. The van der Waals surface area contributed by atoms with E-state index in [1.807, 2.05) is 49.7 Å². The number of nitrogens with zero attached hydrogens (tertiary/aromatic N) is 4. The number of rotatable bonds is 2. The molecule has 2 amide bonds. The van der Waals surface area contributed by atoms with Crippen molar-refractivity contribution in [3.05, 3.63) is 59.1 Å². The maximum Gasteiger partial charge on any atom is 0.259 e. The van der Waals surface area contributed by atoms with Gasteiger partial charge in [-0.25, -0.2) is 4.98 Å². The van der Waals surface area contributed by atoms with E-state index >= 15 is 0 Å². The molecule has 0 saturated carbocycles. The largest absolute Gasteiger partial charge is 0.323 e. The van der Waals surface area contributed by atoms with Crippen LogP contribution in [0.2, 0.25) is 0 Å². The first-order chi connectivity index (χ1) is 14.0. The standard InChI is InChI=1S/C21H17N5O2S/c1-12-19-13(10-15(17-8-5-9-29-17)23-20(19)25(2)24-12)21(28)26-11-18(27)22-14-6-3-4-7-16(14)26/h3-10H,11H2,1-2H3,(H,22,27). The predicted octanol–water partition coefficient (Wildman–Crippen LogP) is 3.60. The highest BCUT2D eigenvalue weighted by Crippen LogP contribution is 2.34. The number of hydrogen-bond donors (Lipinski definition) is 1. The first-order valence-corrected chi connectivity index (χ1v) is 10.00. The third kappa shape index (κ3) is 2.80. The Morgan fingerprint density at radius 3 is 2.83 bits per heavy atom. The average Bonchev–Trinajstić information content (AvgIpc) is 3.35. The van der Waals surface area contributed by atoms with Crippen molar-refractivity contribution >= 4 is 45.6 Å². The summed E-state index contributed by atoms with van der Waals surface area (Å²) in [7, 11) is 1.82. The summed E-state index contributed by atoms with van der Waals surface area (Å²) in [5, 5.41) is 9.97. The lowest BCUT2D eigenvalue weighted by molar-refractivity contribution is -0.115. The Balaban J connectivity index is 1.72. The van der Waals surface area contributed by atoms with Gasteiger partial charge in [0, 0.05) is 7.05 Å². The second-order valence-electron chi connectivity index (χ2n) is 6.90. The molecule has 0 fully saturated rings. The molecule has 5 rings (SSSR count). The lowest BCUT2D eigenvalue weighted by atomic mass is 10.1. The number of aryl methyl sites for hydroxylation is 2. The van der Waals surface area contributed by atoms with E-state index in [4.69, 9.17) is 4.98 Å². The first kappa shape index (κ1) is 17.6. The Morgan fingerprint density at radius 1 is 1.21 bits per heavy atom. The molecule has 1 aromatic carbocycles. The fourth-order valence-corrected chi connectivity index (χ4v) is 4.41. The van der Waals surface area contributed by atoms with Gasteiger partial charge in [-0.05, 0) is 36.6 Å². The quantitative estimate of drug-likeness (QED) is 0.555. The van der Waals surface area contributed by atoms with Crippen molar-refractivity contribution in [2.75, 3.05) is 16.8 Å². The van der Waals surface area contributed by atoms with E-state index in [-0.39, 0.29) is 18.4 Å². The summed E-state index contributed by atoms with van der Waals surface area (Å²) in [4.78, 5) is 33.2. The van der Waals surface area contributed by atoms with Gasteiger partial charge in [0.05, 0.1) is 38.6 Å². The van der Waals surface area contributed by atoms with E-state index in [0.717, 1.165) is 10.6 Å². The minimum Gasteiger partial charge on any atom is -0.323 e. The van der Waals surface area contributed by atoms with Crippen LogP contribution in [0.3, 0.4) is 0 Å². The van der Waals surface area contributed by atoms with Crippen molar-refractivity contribution in [2.45, 2.75) is 6.92 Å². The van der Waals surface area contributed by atoms with Crippen LogP contribution in [-0.4, -0.2) is 33.1 Å². The van der Waals surface area contributed by atoms with Gasteiger partial charge in [-0.3, -0.25) is 19.2 Å². The molecule has 0 atom stereocenters. The number of pyridine rings is 1. The highest BCUT2D eigenvalue weighted by Gasteiger charge is 2.30. The number of para-hydroxylation sites is 2. The van der Waals surface area contributed by atoms with Crippen LogP contribution >= 0.6 is 11.3 Å². The monoisotopic (exact) mass is 403 g/mol. The van der Waals surface area contributed by atoms with E-state index in [1.54, 1.807) is 28.2 Å². The van der Waals surface area contributed by atoms with E-state index in [2.05, 4.69) is 10.4 Å². The van der Waals surface area contributed by atoms with Crippen LogP contribution in [0.25, 0.3) is 21.6 Å². The molecule has 0 saturated heterocycles. The molecule has 8 heteroatoms. The second kappa shape index (κ2) is 6.52. The average molecular weight is 403 g/mol. The van der Waals surface area contributed by atoms with E-state index in [0.29, 0.717) is 33.7 Å². The normalized spacial score (nSPS) is 13.4. The number of amides is 2. The van der Waals surface area contributed by atoms with Crippen LogP contribution in [-0.2, 0) is 11.8 Å². The van der Waals surface area contributed by atoms with E-state index in [1.165, 1.54) is 4.90 Å². The van der Waals surface area contributed by atoms with Gasteiger partial charge < -0.3 is 5.32 Å². The molecule has 0 spiro atoms. The van der Waals surface area contributed by atoms with Gasteiger partial charge in [-0.2, -0.15) is 5.10 Å². The smallest absolute Gasteiger partial charge is 0.259 e. The lowest BCUT2D eigenvalue weighted by Crippen LogP contribution is -2.42. The molecule has 0 unspecified atom stereocenters. The predicted molar refractivity (Wildman–Crippen MR) is 113 cm³/mol. The molecule has 1 aliphatic rings. The van der Waals surface area contributed by atoms with Crippen LogP contribution in [0.4, 0.5) is 11.4 Å². The Labute approximate surface area is 170 Å². The van der Waals surface area contributed by atoms with Crippen LogP contribution < -0.4 is 10.2 Å². The summed E-state index contributed by atoms with van der Waals surface area (Å²) < 4.78 is 1.69. The highest BCUT2D eigenvalue weighted by molar-refractivity contribution is 7.13. The molecule has 1 N–H and O–H groups in total. The number of aromatic nitrogens is 3. The zero-order valence-corrected chi connectivity index (χ0v) is 16.7. The van der Waals surface area contributed by atoms with Gasteiger partial charge in [0.2, 0.25) is 5.91 Å². The molecule has 7 nitrogen and oxygen atoms in total. The minimum atomic E-state index is -0.242. The topological polar surface area (TPSA) is 80.1 Å². The van der Waals surface area contributed by atoms with E-state index in [9.17, 15) is 9.59 Å². The summed E-state index contributed by atoms with van der Waals surface area (Å²) in [5.41, 5.74) is 3.89.